The maximum atomic E-state index is 13.3. The van der Waals surface area contributed by atoms with Gasteiger partial charge in [0.2, 0.25) is 5.88 Å². The summed E-state index contributed by atoms with van der Waals surface area (Å²) in [6, 6.07) is 18.5. The monoisotopic (exact) mass is 406 g/mol. The van der Waals surface area contributed by atoms with Gasteiger partial charge in [0.1, 0.15) is 5.56 Å². The topological polar surface area (TPSA) is 62.8 Å². The van der Waals surface area contributed by atoms with Crippen LogP contribution >= 0.6 is 12.2 Å². The maximum Gasteiger partial charge on any atom is 0.271 e. The molecule has 2 heterocycles. The lowest BCUT2D eigenvalue weighted by Crippen LogP contribution is -2.28. The molecule has 0 radical (unpaired) electrons. The average Bonchev–Trinajstić information content (AvgIpc) is 2.76. The third kappa shape index (κ3) is 3.86. The van der Waals surface area contributed by atoms with E-state index in [1.807, 2.05) is 65.7 Å². The van der Waals surface area contributed by atoms with Gasteiger partial charge in [0.15, 0.2) is 4.77 Å². The molecule has 6 nitrogen and oxygen atoms in total. The zero-order chi connectivity index (χ0) is 20.2. The Morgan fingerprint density at radius 1 is 0.862 bits per heavy atom. The highest BCUT2D eigenvalue weighted by Crippen LogP contribution is 2.21. The Balaban J connectivity index is 1.94. The van der Waals surface area contributed by atoms with Crippen molar-refractivity contribution >= 4 is 18.4 Å². The molecular weight excluding hydrogens is 384 g/mol. The molecule has 1 aliphatic heterocycles. The number of rotatable bonds is 4. The van der Waals surface area contributed by atoms with Gasteiger partial charge in [-0.2, -0.15) is 5.10 Å². The van der Waals surface area contributed by atoms with E-state index >= 15 is 0 Å². The highest BCUT2D eigenvalue weighted by atomic mass is 32.1. The van der Waals surface area contributed by atoms with Gasteiger partial charge < -0.3 is 5.11 Å². The van der Waals surface area contributed by atoms with Crippen LogP contribution in [0.15, 0.2) is 70.6 Å². The molecule has 148 valence electrons. The standard InChI is InChI=1S/C22H22N4O2S/c27-20-19(16-23-24-14-8-3-9-15-24)21(28)26(18-12-6-2-7-13-18)22(29)25(20)17-10-4-1-5-11-17/h1-2,4-7,10-13,16,27H,3,8-9,14-15H2/b23-16+. The zero-order valence-corrected chi connectivity index (χ0v) is 16.8. The van der Waals surface area contributed by atoms with Crippen LogP contribution in [0, 0.1) is 4.77 Å². The first-order valence-corrected chi connectivity index (χ1v) is 10.1. The van der Waals surface area contributed by atoms with E-state index in [1.165, 1.54) is 21.8 Å². The maximum absolute atomic E-state index is 13.3. The normalized spacial score (nSPS) is 14.4. The second kappa shape index (κ2) is 8.45. The fourth-order valence-electron chi connectivity index (χ4n) is 3.47. The lowest BCUT2D eigenvalue weighted by Gasteiger charge is -2.23. The van der Waals surface area contributed by atoms with Gasteiger partial charge in [-0.05, 0) is 55.7 Å². The Labute approximate surface area is 174 Å². The quantitative estimate of drug-likeness (QED) is 0.528. The summed E-state index contributed by atoms with van der Waals surface area (Å²) >= 11 is 5.61. The second-order valence-electron chi connectivity index (χ2n) is 6.93. The first-order valence-electron chi connectivity index (χ1n) is 9.67. The predicted octanol–water partition coefficient (Wildman–Crippen LogP) is 3.88. The van der Waals surface area contributed by atoms with E-state index in [4.69, 9.17) is 12.2 Å². The van der Waals surface area contributed by atoms with E-state index in [0.717, 1.165) is 25.9 Å². The van der Waals surface area contributed by atoms with Crippen LogP contribution in [0.3, 0.4) is 0 Å². The average molecular weight is 407 g/mol. The van der Waals surface area contributed by atoms with E-state index in [-0.39, 0.29) is 16.2 Å². The highest BCUT2D eigenvalue weighted by molar-refractivity contribution is 7.71. The highest BCUT2D eigenvalue weighted by Gasteiger charge is 2.18. The minimum atomic E-state index is -0.397. The number of piperidine rings is 1. The van der Waals surface area contributed by atoms with Crippen molar-refractivity contribution in [3.8, 4) is 17.3 Å². The third-order valence-electron chi connectivity index (χ3n) is 4.98. The van der Waals surface area contributed by atoms with Crippen LogP contribution in [0.1, 0.15) is 24.8 Å². The van der Waals surface area contributed by atoms with Crippen LogP contribution in [-0.2, 0) is 0 Å². The van der Waals surface area contributed by atoms with E-state index < -0.39 is 5.56 Å². The number of aromatic nitrogens is 2. The minimum Gasteiger partial charge on any atom is -0.494 e. The molecular formula is C22H22N4O2S. The third-order valence-corrected chi connectivity index (χ3v) is 5.35. The summed E-state index contributed by atoms with van der Waals surface area (Å²) < 4.78 is 3.13. The summed E-state index contributed by atoms with van der Waals surface area (Å²) in [5.74, 6) is -0.209. The second-order valence-corrected chi connectivity index (χ2v) is 7.29. The van der Waals surface area contributed by atoms with Crippen molar-refractivity contribution in [3.05, 3.63) is 81.4 Å². The number of hydrogen-bond acceptors (Lipinski definition) is 5. The van der Waals surface area contributed by atoms with Gasteiger partial charge in [0.25, 0.3) is 5.56 Å². The number of hydrogen-bond donors (Lipinski definition) is 1. The summed E-state index contributed by atoms with van der Waals surface area (Å²) in [5.41, 5.74) is 1.02. The number of nitrogens with zero attached hydrogens (tertiary/aromatic N) is 4. The van der Waals surface area contributed by atoms with Crippen LogP contribution in [0.5, 0.6) is 5.88 Å². The van der Waals surface area contributed by atoms with Crippen molar-refractivity contribution in [1.29, 1.82) is 0 Å². The van der Waals surface area contributed by atoms with Crippen LogP contribution in [-0.4, -0.2) is 38.6 Å². The molecule has 4 rings (SSSR count). The summed E-state index contributed by atoms with van der Waals surface area (Å²) in [6.45, 7) is 1.70. The van der Waals surface area contributed by atoms with E-state index in [1.54, 1.807) is 0 Å². The first-order chi connectivity index (χ1) is 14.2. The summed E-state index contributed by atoms with van der Waals surface area (Å²) in [5, 5.41) is 17.4. The number of aromatic hydroxyl groups is 1. The fourth-order valence-corrected chi connectivity index (χ4v) is 3.85. The first kappa shape index (κ1) is 19.1. The van der Waals surface area contributed by atoms with Gasteiger partial charge in [-0.3, -0.25) is 18.9 Å². The predicted molar refractivity (Wildman–Crippen MR) is 117 cm³/mol. The van der Waals surface area contributed by atoms with Gasteiger partial charge >= 0.3 is 0 Å². The van der Waals surface area contributed by atoms with Crippen LogP contribution < -0.4 is 5.56 Å². The molecule has 3 aromatic rings. The Morgan fingerprint density at radius 2 is 1.41 bits per heavy atom. The van der Waals surface area contributed by atoms with Gasteiger partial charge in [0.05, 0.1) is 17.6 Å². The minimum absolute atomic E-state index is 0.108. The molecule has 7 heteroatoms. The van der Waals surface area contributed by atoms with Crippen molar-refractivity contribution < 1.29 is 5.11 Å². The fraction of sp³-hybridized carbons (Fsp3) is 0.227. The van der Waals surface area contributed by atoms with Crippen molar-refractivity contribution in [1.82, 2.24) is 14.1 Å². The van der Waals surface area contributed by atoms with Crippen molar-refractivity contribution in [2.75, 3.05) is 13.1 Å². The molecule has 1 N–H and O–H groups in total. The molecule has 0 aliphatic carbocycles. The van der Waals surface area contributed by atoms with Gasteiger partial charge in [-0.25, -0.2) is 0 Å². The van der Waals surface area contributed by atoms with E-state index in [9.17, 15) is 9.90 Å². The largest absolute Gasteiger partial charge is 0.494 e. The van der Waals surface area contributed by atoms with Crippen molar-refractivity contribution in [3.63, 3.8) is 0 Å². The zero-order valence-electron chi connectivity index (χ0n) is 15.9. The Bertz CT molecular complexity index is 1130. The van der Waals surface area contributed by atoms with Gasteiger partial charge in [-0.15, -0.1) is 0 Å². The molecule has 0 saturated carbocycles. The van der Waals surface area contributed by atoms with Crippen molar-refractivity contribution in [2.24, 2.45) is 5.10 Å². The molecule has 0 atom stereocenters. The van der Waals surface area contributed by atoms with E-state index in [2.05, 4.69) is 5.10 Å². The summed E-state index contributed by atoms with van der Waals surface area (Å²) in [6.07, 6.45) is 4.80. The molecule has 1 aromatic heterocycles. The molecule has 0 bridgehead atoms. The molecule has 29 heavy (non-hydrogen) atoms. The SMILES string of the molecule is O=c1c(/C=N/N2CCCCC2)c(O)n(-c2ccccc2)c(=S)n1-c1ccccc1. The van der Waals surface area contributed by atoms with Gasteiger partial charge in [-0.1, -0.05) is 36.4 Å². The lowest BCUT2D eigenvalue weighted by molar-refractivity contribution is 0.240. The van der Waals surface area contributed by atoms with Crippen molar-refractivity contribution in [2.45, 2.75) is 19.3 Å². The molecule has 0 unspecified atom stereocenters. The molecule has 1 saturated heterocycles. The molecule has 0 spiro atoms. The molecule has 0 amide bonds. The summed E-state index contributed by atoms with van der Waals surface area (Å²) in [4.78, 5) is 13.3. The lowest BCUT2D eigenvalue weighted by atomic mass is 10.2. The molecule has 2 aromatic carbocycles. The summed E-state index contributed by atoms with van der Waals surface area (Å²) in [7, 11) is 0. The Morgan fingerprint density at radius 3 is 2.00 bits per heavy atom. The molecule has 1 fully saturated rings. The Hall–Kier alpha value is -3.19. The van der Waals surface area contributed by atoms with Crippen LogP contribution in [0.4, 0.5) is 0 Å². The number of hydrazone groups is 1. The smallest absolute Gasteiger partial charge is 0.271 e. The number of benzene rings is 2. The van der Waals surface area contributed by atoms with Crippen LogP contribution in [0.2, 0.25) is 0 Å². The van der Waals surface area contributed by atoms with Crippen LogP contribution in [0.25, 0.3) is 11.4 Å². The number of para-hydroxylation sites is 2. The van der Waals surface area contributed by atoms with Gasteiger partial charge in [0, 0.05) is 13.1 Å². The molecule has 1 aliphatic rings. The van der Waals surface area contributed by atoms with E-state index in [0.29, 0.717) is 11.4 Å². The Kier molecular flexibility index (Phi) is 5.57.